The zero-order chi connectivity index (χ0) is 15.3. The molecule has 1 heterocycles. The Hall–Kier alpha value is -0.910. The number of rotatable bonds is 5. The van der Waals surface area contributed by atoms with Crippen LogP contribution in [0.25, 0.3) is 0 Å². The average Bonchev–Trinajstić information content (AvgIpc) is 2.64. The Kier molecular flexibility index (Phi) is 5.79. The topological polar surface area (TPSA) is 46.6 Å². The van der Waals surface area contributed by atoms with Crippen molar-refractivity contribution in [1.29, 1.82) is 0 Å². The first-order valence-electron chi connectivity index (χ1n) is 7.60. The second-order valence-electron chi connectivity index (χ2n) is 5.77. The van der Waals surface area contributed by atoms with E-state index in [1.165, 1.54) is 0 Å². The van der Waals surface area contributed by atoms with Gasteiger partial charge in [0.15, 0.2) is 9.84 Å². The molecule has 118 valence electrons. The van der Waals surface area contributed by atoms with Gasteiger partial charge in [0, 0.05) is 19.2 Å². The number of aryl methyl sites for hydroxylation is 1. The summed E-state index contributed by atoms with van der Waals surface area (Å²) in [6.07, 6.45) is 1.69. The molecule has 0 bridgehead atoms. The second-order valence-corrected chi connectivity index (χ2v) is 7.88. The number of hydrogen-bond donors (Lipinski definition) is 0. The molecule has 0 saturated carbocycles. The minimum atomic E-state index is -3.17. The van der Waals surface area contributed by atoms with Gasteiger partial charge >= 0.3 is 0 Å². The van der Waals surface area contributed by atoms with Gasteiger partial charge in [-0.1, -0.05) is 12.1 Å². The summed E-state index contributed by atoms with van der Waals surface area (Å²) in [5, 5.41) is 0. The lowest BCUT2D eigenvalue weighted by Gasteiger charge is -2.25. The third-order valence-electron chi connectivity index (χ3n) is 4.03. The van der Waals surface area contributed by atoms with Crippen molar-refractivity contribution in [2.45, 2.75) is 37.6 Å². The first kappa shape index (κ1) is 16.5. The van der Waals surface area contributed by atoms with Crippen LogP contribution in [-0.4, -0.2) is 51.4 Å². The minimum Gasteiger partial charge on any atom is -0.380 e. The summed E-state index contributed by atoms with van der Waals surface area (Å²) in [4.78, 5) is 2.77. The maximum atomic E-state index is 12.3. The number of benzene rings is 1. The summed E-state index contributed by atoms with van der Waals surface area (Å²) in [6, 6.07) is 7.62. The van der Waals surface area contributed by atoms with Gasteiger partial charge < -0.3 is 4.74 Å². The molecule has 1 atom stereocenters. The van der Waals surface area contributed by atoms with Crippen LogP contribution < -0.4 is 0 Å². The van der Waals surface area contributed by atoms with E-state index in [0.29, 0.717) is 17.4 Å². The summed E-state index contributed by atoms with van der Waals surface area (Å²) in [7, 11) is -3.17. The Labute approximate surface area is 128 Å². The Balaban J connectivity index is 1.90. The fourth-order valence-corrected chi connectivity index (χ4v) is 4.05. The Morgan fingerprint density at radius 1 is 1.33 bits per heavy atom. The molecule has 21 heavy (non-hydrogen) atoms. The molecule has 0 aliphatic carbocycles. The predicted molar refractivity (Wildman–Crippen MR) is 84.3 cm³/mol. The number of sulfone groups is 1. The van der Waals surface area contributed by atoms with Crippen LogP contribution >= 0.6 is 0 Å². The van der Waals surface area contributed by atoms with Crippen LogP contribution in [0.4, 0.5) is 0 Å². The van der Waals surface area contributed by atoms with Gasteiger partial charge in [0.05, 0.1) is 17.3 Å². The van der Waals surface area contributed by atoms with Crippen LogP contribution in [0.1, 0.15) is 25.3 Å². The molecular weight excluding hydrogens is 286 g/mol. The molecule has 1 aliphatic heterocycles. The van der Waals surface area contributed by atoms with E-state index >= 15 is 0 Å². The molecule has 1 aromatic carbocycles. The van der Waals surface area contributed by atoms with Crippen molar-refractivity contribution in [3.63, 3.8) is 0 Å². The zero-order valence-electron chi connectivity index (χ0n) is 12.9. The fraction of sp³-hybridized carbons (Fsp3) is 0.625. The molecular formula is C16H25NO3S. The molecule has 1 saturated heterocycles. The maximum Gasteiger partial charge on any atom is 0.178 e. The smallest absolute Gasteiger partial charge is 0.178 e. The van der Waals surface area contributed by atoms with Gasteiger partial charge in [-0.2, -0.15) is 0 Å². The van der Waals surface area contributed by atoms with Gasteiger partial charge in [-0.15, -0.1) is 0 Å². The fourth-order valence-electron chi connectivity index (χ4n) is 2.66. The van der Waals surface area contributed by atoms with E-state index in [2.05, 4.69) is 11.8 Å². The van der Waals surface area contributed by atoms with E-state index in [9.17, 15) is 8.42 Å². The minimum absolute atomic E-state index is 0.209. The van der Waals surface area contributed by atoms with Crippen LogP contribution in [-0.2, 0) is 14.6 Å². The third-order valence-corrected chi connectivity index (χ3v) is 5.83. The molecule has 0 N–H and O–H groups in total. The molecule has 4 nitrogen and oxygen atoms in total. The van der Waals surface area contributed by atoms with Crippen molar-refractivity contribution in [2.75, 3.05) is 32.1 Å². The van der Waals surface area contributed by atoms with Gasteiger partial charge in [-0.05, 0) is 50.9 Å². The lowest BCUT2D eigenvalue weighted by atomic mass is 10.2. The lowest BCUT2D eigenvalue weighted by molar-refractivity contribution is 0.141. The van der Waals surface area contributed by atoms with Gasteiger partial charge in [0.2, 0.25) is 0 Å². The van der Waals surface area contributed by atoms with Gasteiger partial charge in [-0.3, -0.25) is 4.90 Å². The van der Waals surface area contributed by atoms with Crippen LogP contribution in [0, 0.1) is 6.92 Å². The standard InChI is InChI=1S/C16H25NO3S/c1-14-5-3-6-16(13-14)21(18,19)12-4-8-17-9-11-20-10-7-15(17)2/h3,5-6,13,15H,4,7-12H2,1-2H3/t15-/m0/s1. The highest BCUT2D eigenvalue weighted by Crippen LogP contribution is 2.15. The van der Waals surface area contributed by atoms with Crippen molar-refractivity contribution in [3.05, 3.63) is 29.8 Å². The summed E-state index contributed by atoms with van der Waals surface area (Å²) in [5.41, 5.74) is 0.981. The monoisotopic (exact) mass is 311 g/mol. The summed E-state index contributed by atoms with van der Waals surface area (Å²) >= 11 is 0. The highest BCUT2D eigenvalue weighted by molar-refractivity contribution is 7.91. The van der Waals surface area contributed by atoms with Gasteiger partial charge in [-0.25, -0.2) is 8.42 Å². The van der Waals surface area contributed by atoms with E-state index in [-0.39, 0.29) is 5.75 Å². The van der Waals surface area contributed by atoms with Crippen molar-refractivity contribution in [2.24, 2.45) is 0 Å². The lowest BCUT2D eigenvalue weighted by Crippen LogP contribution is -2.35. The van der Waals surface area contributed by atoms with E-state index in [1.54, 1.807) is 18.2 Å². The van der Waals surface area contributed by atoms with Gasteiger partial charge in [0.25, 0.3) is 0 Å². The van der Waals surface area contributed by atoms with Crippen molar-refractivity contribution >= 4 is 9.84 Å². The molecule has 2 rings (SSSR count). The molecule has 1 fully saturated rings. The summed E-state index contributed by atoms with van der Waals surface area (Å²) in [6.45, 7) is 7.36. The highest BCUT2D eigenvalue weighted by Gasteiger charge is 2.19. The van der Waals surface area contributed by atoms with E-state index in [4.69, 9.17) is 4.74 Å². The van der Waals surface area contributed by atoms with Gasteiger partial charge in [0.1, 0.15) is 0 Å². The quantitative estimate of drug-likeness (QED) is 0.837. The molecule has 0 aromatic heterocycles. The van der Waals surface area contributed by atoms with Crippen LogP contribution in [0.3, 0.4) is 0 Å². The predicted octanol–water partition coefficient (Wildman–Crippen LogP) is 2.27. The van der Waals surface area contributed by atoms with Crippen molar-refractivity contribution < 1.29 is 13.2 Å². The first-order chi connectivity index (χ1) is 9.99. The van der Waals surface area contributed by atoms with Crippen molar-refractivity contribution in [3.8, 4) is 0 Å². The van der Waals surface area contributed by atoms with E-state index in [1.807, 2.05) is 13.0 Å². The zero-order valence-corrected chi connectivity index (χ0v) is 13.7. The SMILES string of the molecule is Cc1cccc(S(=O)(=O)CCCN2CCOCC[C@@H]2C)c1. The maximum absolute atomic E-state index is 12.3. The largest absolute Gasteiger partial charge is 0.380 e. The molecule has 1 aromatic rings. The second kappa shape index (κ2) is 7.38. The van der Waals surface area contributed by atoms with Crippen molar-refractivity contribution in [1.82, 2.24) is 4.90 Å². The molecule has 5 heteroatoms. The highest BCUT2D eigenvalue weighted by atomic mass is 32.2. The average molecular weight is 311 g/mol. The van der Waals surface area contributed by atoms with Crippen LogP contribution in [0.2, 0.25) is 0 Å². The van der Waals surface area contributed by atoms with E-state index in [0.717, 1.165) is 38.3 Å². The third kappa shape index (κ3) is 4.80. The van der Waals surface area contributed by atoms with Crippen LogP contribution in [0.5, 0.6) is 0 Å². The molecule has 0 amide bonds. The summed E-state index contributed by atoms with van der Waals surface area (Å²) in [5.74, 6) is 0.209. The number of nitrogens with zero attached hydrogens (tertiary/aromatic N) is 1. The first-order valence-corrected chi connectivity index (χ1v) is 9.25. The van der Waals surface area contributed by atoms with Crippen LogP contribution in [0.15, 0.2) is 29.2 Å². The Bertz CT molecular complexity index is 556. The molecule has 0 spiro atoms. The molecule has 0 radical (unpaired) electrons. The number of hydrogen-bond acceptors (Lipinski definition) is 4. The normalized spacial score (nSPS) is 21.1. The molecule has 1 aliphatic rings. The van der Waals surface area contributed by atoms with E-state index < -0.39 is 9.84 Å². The number of ether oxygens (including phenoxy) is 1. The molecule has 0 unspecified atom stereocenters. The summed E-state index contributed by atoms with van der Waals surface area (Å²) < 4.78 is 30.1. The Morgan fingerprint density at radius 2 is 2.14 bits per heavy atom. The Morgan fingerprint density at radius 3 is 2.90 bits per heavy atom.